The minimum Gasteiger partial charge on any atom is -0.299 e. The Morgan fingerprint density at radius 2 is 2.27 bits per heavy atom. The van der Waals surface area contributed by atoms with Crippen LogP contribution in [0, 0.1) is 11.8 Å². The molecular weight excluding hydrogens is 136 g/mol. The first-order chi connectivity index (χ1) is 5.25. The summed E-state index contributed by atoms with van der Waals surface area (Å²) in [6, 6.07) is 0. The Morgan fingerprint density at radius 1 is 1.55 bits per heavy atom. The number of carbonyl (C=O) groups excluding carboxylic acids is 1. The van der Waals surface area contributed by atoms with Gasteiger partial charge in [-0.1, -0.05) is 26.7 Å². The average Bonchev–Trinajstić information content (AvgIpc) is 2.04. The van der Waals surface area contributed by atoms with Crippen molar-refractivity contribution in [1.82, 2.24) is 0 Å². The predicted octanol–water partition coefficient (Wildman–Crippen LogP) is 2.79. The molecule has 0 aromatic heterocycles. The first-order valence-corrected chi connectivity index (χ1v) is 4.78. The van der Waals surface area contributed by atoms with E-state index in [1.165, 1.54) is 6.42 Å². The van der Waals surface area contributed by atoms with Crippen LogP contribution in [0.4, 0.5) is 0 Å². The highest BCUT2D eigenvalue weighted by atomic mass is 16.1. The topological polar surface area (TPSA) is 17.1 Å². The molecule has 1 heteroatoms. The standard InChI is InChI=1S/C10H18O/c1-3-8(2)9-6-4-5-7-10(9)11/h8-9H,3-7H2,1-2H3/t8-,9-/m1/s1. The monoisotopic (exact) mass is 154 g/mol. The molecule has 1 rings (SSSR count). The molecule has 0 amide bonds. The Hall–Kier alpha value is -0.330. The normalized spacial score (nSPS) is 28.5. The van der Waals surface area contributed by atoms with Gasteiger partial charge in [-0.15, -0.1) is 0 Å². The molecule has 0 aromatic carbocycles. The van der Waals surface area contributed by atoms with Crippen molar-refractivity contribution in [3.8, 4) is 0 Å². The Morgan fingerprint density at radius 3 is 2.82 bits per heavy atom. The molecule has 0 N–H and O–H groups in total. The molecule has 0 unspecified atom stereocenters. The minimum atomic E-state index is 0.397. The fourth-order valence-electron chi connectivity index (χ4n) is 1.90. The van der Waals surface area contributed by atoms with Crippen LogP contribution in [0.25, 0.3) is 0 Å². The van der Waals surface area contributed by atoms with Gasteiger partial charge in [-0.25, -0.2) is 0 Å². The van der Waals surface area contributed by atoms with Crippen LogP contribution in [0.1, 0.15) is 46.0 Å². The van der Waals surface area contributed by atoms with Gasteiger partial charge in [0.1, 0.15) is 5.78 Å². The largest absolute Gasteiger partial charge is 0.299 e. The van der Waals surface area contributed by atoms with Gasteiger partial charge in [-0.05, 0) is 18.8 Å². The molecule has 1 fully saturated rings. The smallest absolute Gasteiger partial charge is 0.136 e. The SMILES string of the molecule is CC[C@@H](C)[C@H]1CCCCC1=O. The maximum atomic E-state index is 11.4. The summed E-state index contributed by atoms with van der Waals surface area (Å²) in [5.74, 6) is 1.53. The van der Waals surface area contributed by atoms with Crippen molar-refractivity contribution in [1.29, 1.82) is 0 Å². The zero-order valence-electron chi connectivity index (χ0n) is 7.60. The van der Waals surface area contributed by atoms with E-state index >= 15 is 0 Å². The summed E-state index contributed by atoms with van der Waals surface area (Å²) in [5, 5.41) is 0. The van der Waals surface area contributed by atoms with Crippen molar-refractivity contribution in [3.63, 3.8) is 0 Å². The van der Waals surface area contributed by atoms with E-state index in [0.29, 0.717) is 17.6 Å². The maximum Gasteiger partial charge on any atom is 0.136 e. The van der Waals surface area contributed by atoms with Crippen molar-refractivity contribution >= 4 is 5.78 Å². The molecule has 1 aliphatic carbocycles. The van der Waals surface area contributed by atoms with Gasteiger partial charge in [0.25, 0.3) is 0 Å². The van der Waals surface area contributed by atoms with E-state index in [2.05, 4.69) is 13.8 Å². The van der Waals surface area contributed by atoms with Crippen molar-refractivity contribution in [3.05, 3.63) is 0 Å². The number of hydrogen-bond donors (Lipinski definition) is 0. The van der Waals surface area contributed by atoms with Crippen LogP contribution >= 0.6 is 0 Å². The summed E-state index contributed by atoms with van der Waals surface area (Å²) in [4.78, 5) is 11.4. The lowest BCUT2D eigenvalue weighted by Crippen LogP contribution is -2.24. The van der Waals surface area contributed by atoms with Gasteiger partial charge in [0, 0.05) is 12.3 Å². The van der Waals surface area contributed by atoms with Gasteiger partial charge in [-0.2, -0.15) is 0 Å². The van der Waals surface area contributed by atoms with Gasteiger partial charge < -0.3 is 0 Å². The first kappa shape index (κ1) is 8.76. The van der Waals surface area contributed by atoms with Crippen LogP contribution in [0.15, 0.2) is 0 Å². The summed E-state index contributed by atoms with van der Waals surface area (Å²) in [6.45, 7) is 4.38. The van der Waals surface area contributed by atoms with Gasteiger partial charge >= 0.3 is 0 Å². The molecule has 0 bridgehead atoms. The van der Waals surface area contributed by atoms with E-state index in [1.54, 1.807) is 0 Å². The zero-order valence-corrected chi connectivity index (χ0v) is 7.60. The van der Waals surface area contributed by atoms with Crippen molar-refractivity contribution in [2.75, 3.05) is 0 Å². The molecule has 1 nitrogen and oxygen atoms in total. The van der Waals surface area contributed by atoms with Gasteiger partial charge in [0.15, 0.2) is 0 Å². The van der Waals surface area contributed by atoms with Gasteiger partial charge in [0.05, 0.1) is 0 Å². The Bertz CT molecular complexity index is 140. The summed E-state index contributed by atoms with van der Waals surface area (Å²) in [6.07, 6.45) is 5.53. The van der Waals surface area contributed by atoms with Gasteiger partial charge in [0.2, 0.25) is 0 Å². The molecule has 0 spiro atoms. The van der Waals surface area contributed by atoms with Crippen molar-refractivity contribution in [2.24, 2.45) is 11.8 Å². The summed E-state index contributed by atoms with van der Waals surface area (Å²) in [7, 11) is 0. The van der Waals surface area contributed by atoms with E-state index < -0.39 is 0 Å². The quantitative estimate of drug-likeness (QED) is 0.597. The summed E-state index contributed by atoms with van der Waals surface area (Å²) in [5.41, 5.74) is 0. The maximum absolute atomic E-state index is 11.4. The molecule has 0 aromatic rings. The lowest BCUT2D eigenvalue weighted by Gasteiger charge is -2.25. The molecule has 1 saturated carbocycles. The Kier molecular flexibility index (Phi) is 3.10. The third kappa shape index (κ3) is 2.05. The number of Topliss-reactive ketones (excluding diaryl/α,β-unsaturated/α-hetero) is 1. The van der Waals surface area contributed by atoms with E-state index in [0.717, 1.165) is 25.7 Å². The number of ketones is 1. The molecule has 0 aliphatic heterocycles. The van der Waals surface area contributed by atoms with Crippen LogP contribution in [-0.4, -0.2) is 5.78 Å². The molecule has 11 heavy (non-hydrogen) atoms. The van der Waals surface area contributed by atoms with Crippen LogP contribution in [-0.2, 0) is 4.79 Å². The third-order valence-corrected chi connectivity index (χ3v) is 2.93. The molecule has 0 radical (unpaired) electrons. The highest BCUT2D eigenvalue weighted by Crippen LogP contribution is 2.28. The minimum absolute atomic E-state index is 0.397. The Balaban J connectivity index is 2.47. The molecule has 2 atom stereocenters. The second kappa shape index (κ2) is 3.89. The number of rotatable bonds is 2. The molecular formula is C10H18O. The van der Waals surface area contributed by atoms with Gasteiger partial charge in [-0.3, -0.25) is 4.79 Å². The fourth-order valence-corrected chi connectivity index (χ4v) is 1.90. The zero-order chi connectivity index (χ0) is 8.27. The highest BCUT2D eigenvalue weighted by Gasteiger charge is 2.25. The lowest BCUT2D eigenvalue weighted by atomic mass is 9.79. The Labute approximate surface area is 69.2 Å². The molecule has 64 valence electrons. The molecule has 0 heterocycles. The fraction of sp³-hybridized carbons (Fsp3) is 0.900. The van der Waals surface area contributed by atoms with Crippen molar-refractivity contribution < 1.29 is 4.79 Å². The third-order valence-electron chi connectivity index (χ3n) is 2.93. The van der Waals surface area contributed by atoms with Crippen LogP contribution in [0.5, 0.6) is 0 Å². The number of carbonyl (C=O) groups is 1. The predicted molar refractivity (Wildman–Crippen MR) is 46.4 cm³/mol. The summed E-state index contributed by atoms with van der Waals surface area (Å²) >= 11 is 0. The van der Waals surface area contributed by atoms with Crippen LogP contribution in [0.2, 0.25) is 0 Å². The second-order valence-electron chi connectivity index (χ2n) is 3.70. The van der Waals surface area contributed by atoms with E-state index in [1.807, 2.05) is 0 Å². The second-order valence-corrected chi connectivity index (χ2v) is 3.70. The molecule has 0 saturated heterocycles. The number of hydrogen-bond acceptors (Lipinski definition) is 1. The summed E-state index contributed by atoms with van der Waals surface area (Å²) < 4.78 is 0. The van der Waals surface area contributed by atoms with E-state index in [9.17, 15) is 4.79 Å². The van der Waals surface area contributed by atoms with E-state index in [-0.39, 0.29) is 0 Å². The lowest BCUT2D eigenvalue weighted by molar-refractivity contribution is -0.126. The van der Waals surface area contributed by atoms with Crippen LogP contribution in [0.3, 0.4) is 0 Å². The first-order valence-electron chi connectivity index (χ1n) is 4.78. The highest BCUT2D eigenvalue weighted by molar-refractivity contribution is 5.81. The average molecular weight is 154 g/mol. The molecule has 1 aliphatic rings. The van der Waals surface area contributed by atoms with Crippen molar-refractivity contribution in [2.45, 2.75) is 46.0 Å². The van der Waals surface area contributed by atoms with E-state index in [4.69, 9.17) is 0 Å². The van der Waals surface area contributed by atoms with Crippen LogP contribution < -0.4 is 0 Å².